The van der Waals surface area contributed by atoms with Crippen molar-refractivity contribution in [2.45, 2.75) is 32.7 Å². The Balaban J connectivity index is 2.12. The van der Waals surface area contributed by atoms with Gasteiger partial charge in [0.1, 0.15) is 0 Å². The summed E-state index contributed by atoms with van der Waals surface area (Å²) >= 11 is 0. The van der Waals surface area contributed by atoms with Gasteiger partial charge in [0.25, 0.3) is 0 Å². The predicted octanol–water partition coefficient (Wildman–Crippen LogP) is 1.08. The third-order valence-electron chi connectivity index (χ3n) is 3.06. The third kappa shape index (κ3) is 3.56. The Labute approximate surface area is 87.6 Å². The molecule has 1 aliphatic rings. The van der Waals surface area contributed by atoms with Crippen LogP contribution in [0.3, 0.4) is 0 Å². The summed E-state index contributed by atoms with van der Waals surface area (Å²) in [5.41, 5.74) is 5.68. The van der Waals surface area contributed by atoms with Gasteiger partial charge in [-0.2, -0.15) is 0 Å². The Kier molecular flexibility index (Phi) is 5.45. The SMILES string of the molecule is CCOCCCN1CC(CN)CC1C. The summed E-state index contributed by atoms with van der Waals surface area (Å²) in [6.45, 7) is 9.26. The number of nitrogens with two attached hydrogens (primary N) is 1. The van der Waals surface area contributed by atoms with Gasteiger partial charge < -0.3 is 15.4 Å². The lowest BCUT2D eigenvalue weighted by atomic mass is 10.1. The first-order valence-corrected chi connectivity index (χ1v) is 5.79. The van der Waals surface area contributed by atoms with Crippen LogP contribution in [0, 0.1) is 5.92 Å². The van der Waals surface area contributed by atoms with Crippen molar-refractivity contribution in [3.05, 3.63) is 0 Å². The quantitative estimate of drug-likeness (QED) is 0.652. The van der Waals surface area contributed by atoms with Crippen molar-refractivity contribution in [2.75, 3.05) is 32.8 Å². The van der Waals surface area contributed by atoms with Crippen molar-refractivity contribution in [1.29, 1.82) is 0 Å². The van der Waals surface area contributed by atoms with Crippen LogP contribution in [0.15, 0.2) is 0 Å². The molecule has 0 aliphatic carbocycles. The van der Waals surface area contributed by atoms with Crippen LogP contribution >= 0.6 is 0 Å². The van der Waals surface area contributed by atoms with E-state index in [1.807, 2.05) is 6.92 Å². The Morgan fingerprint density at radius 3 is 2.86 bits per heavy atom. The second-order valence-corrected chi connectivity index (χ2v) is 4.23. The summed E-state index contributed by atoms with van der Waals surface area (Å²) in [6.07, 6.45) is 2.42. The van der Waals surface area contributed by atoms with E-state index in [9.17, 15) is 0 Å². The van der Waals surface area contributed by atoms with Crippen molar-refractivity contribution in [3.8, 4) is 0 Å². The van der Waals surface area contributed by atoms with Gasteiger partial charge in [-0.15, -0.1) is 0 Å². The van der Waals surface area contributed by atoms with Crippen LogP contribution in [0.5, 0.6) is 0 Å². The highest BCUT2D eigenvalue weighted by atomic mass is 16.5. The van der Waals surface area contributed by atoms with E-state index in [0.29, 0.717) is 6.04 Å². The highest BCUT2D eigenvalue weighted by Gasteiger charge is 2.27. The van der Waals surface area contributed by atoms with Crippen LogP contribution in [-0.4, -0.2) is 43.8 Å². The Morgan fingerprint density at radius 2 is 2.29 bits per heavy atom. The van der Waals surface area contributed by atoms with Crippen LogP contribution in [0.2, 0.25) is 0 Å². The van der Waals surface area contributed by atoms with Crippen molar-refractivity contribution in [1.82, 2.24) is 4.90 Å². The highest BCUT2D eigenvalue weighted by Crippen LogP contribution is 2.21. The molecule has 2 unspecified atom stereocenters. The number of rotatable bonds is 6. The number of ether oxygens (including phenoxy) is 1. The molecule has 2 atom stereocenters. The van der Waals surface area contributed by atoms with Gasteiger partial charge in [0, 0.05) is 32.3 Å². The molecule has 0 radical (unpaired) electrons. The van der Waals surface area contributed by atoms with Gasteiger partial charge >= 0.3 is 0 Å². The van der Waals surface area contributed by atoms with Crippen LogP contribution in [-0.2, 0) is 4.74 Å². The lowest BCUT2D eigenvalue weighted by Crippen LogP contribution is -2.29. The first-order chi connectivity index (χ1) is 6.77. The molecule has 0 spiro atoms. The topological polar surface area (TPSA) is 38.5 Å². The van der Waals surface area contributed by atoms with Gasteiger partial charge in [0.05, 0.1) is 0 Å². The number of hydrogen-bond acceptors (Lipinski definition) is 3. The molecular weight excluding hydrogens is 176 g/mol. The number of likely N-dealkylation sites (tertiary alicyclic amines) is 1. The standard InChI is InChI=1S/C11H24N2O/c1-3-14-6-4-5-13-9-11(8-12)7-10(13)2/h10-11H,3-9,12H2,1-2H3. The average Bonchev–Trinajstić information content (AvgIpc) is 2.54. The zero-order chi connectivity index (χ0) is 10.4. The molecule has 84 valence electrons. The summed E-state index contributed by atoms with van der Waals surface area (Å²) in [6, 6.07) is 0.713. The predicted molar refractivity (Wildman–Crippen MR) is 59.3 cm³/mol. The molecule has 0 aromatic heterocycles. The average molecular weight is 200 g/mol. The molecule has 0 aromatic rings. The fourth-order valence-corrected chi connectivity index (χ4v) is 2.21. The molecule has 0 saturated carbocycles. The van der Waals surface area contributed by atoms with Crippen molar-refractivity contribution >= 4 is 0 Å². The zero-order valence-corrected chi connectivity index (χ0v) is 9.54. The highest BCUT2D eigenvalue weighted by molar-refractivity contribution is 4.82. The van der Waals surface area contributed by atoms with Crippen molar-refractivity contribution in [2.24, 2.45) is 11.7 Å². The number of hydrogen-bond donors (Lipinski definition) is 1. The minimum absolute atomic E-state index is 0.713. The van der Waals surface area contributed by atoms with E-state index in [-0.39, 0.29) is 0 Å². The molecule has 1 aliphatic heterocycles. The smallest absolute Gasteiger partial charge is 0.0478 e. The molecule has 1 fully saturated rings. The molecule has 0 aromatic carbocycles. The van der Waals surface area contributed by atoms with E-state index in [2.05, 4.69) is 11.8 Å². The maximum absolute atomic E-state index is 5.68. The molecule has 2 N–H and O–H groups in total. The summed E-state index contributed by atoms with van der Waals surface area (Å²) in [7, 11) is 0. The molecule has 1 rings (SSSR count). The molecule has 0 bridgehead atoms. The summed E-state index contributed by atoms with van der Waals surface area (Å²) < 4.78 is 5.33. The van der Waals surface area contributed by atoms with Crippen molar-refractivity contribution < 1.29 is 4.74 Å². The minimum atomic E-state index is 0.713. The molecule has 1 saturated heterocycles. The van der Waals surface area contributed by atoms with Gasteiger partial charge in [0.15, 0.2) is 0 Å². The lowest BCUT2D eigenvalue weighted by molar-refractivity contribution is 0.130. The molecule has 1 heterocycles. The minimum Gasteiger partial charge on any atom is -0.382 e. The third-order valence-corrected chi connectivity index (χ3v) is 3.06. The van der Waals surface area contributed by atoms with Crippen LogP contribution < -0.4 is 5.73 Å². The lowest BCUT2D eigenvalue weighted by Gasteiger charge is -2.20. The van der Waals surface area contributed by atoms with E-state index in [0.717, 1.165) is 38.6 Å². The van der Waals surface area contributed by atoms with E-state index in [4.69, 9.17) is 10.5 Å². The largest absolute Gasteiger partial charge is 0.382 e. The van der Waals surface area contributed by atoms with Gasteiger partial charge in [-0.1, -0.05) is 0 Å². The van der Waals surface area contributed by atoms with Crippen LogP contribution in [0.25, 0.3) is 0 Å². The van der Waals surface area contributed by atoms with E-state index < -0.39 is 0 Å². The summed E-state index contributed by atoms with van der Waals surface area (Å²) in [5, 5.41) is 0. The Bertz CT molecular complexity index is 152. The first-order valence-electron chi connectivity index (χ1n) is 5.79. The van der Waals surface area contributed by atoms with E-state index in [1.54, 1.807) is 0 Å². The summed E-state index contributed by atoms with van der Waals surface area (Å²) in [4.78, 5) is 2.54. The zero-order valence-electron chi connectivity index (χ0n) is 9.54. The van der Waals surface area contributed by atoms with Gasteiger partial charge in [-0.3, -0.25) is 0 Å². The molecular formula is C11H24N2O. The molecule has 14 heavy (non-hydrogen) atoms. The fraction of sp³-hybridized carbons (Fsp3) is 1.00. The molecule has 3 nitrogen and oxygen atoms in total. The Hall–Kier alpha value is -0.120. The maximum Gasteiger partial charge on any atom is 0.0478 e. The second-order valence-electron chi connectivity index (χ2n) is 4.23. The Morgan fingerprint density at radius 1 is 1.50 bits per heavy atom. The fourth-order valence-electron chi connectivity index (χ4n) is 2.21. The maximum atomic E-state index is 5.68. The molecule has 3 heteroatoms. The normalized spacial score (nSPS) is 28.5. The van der Waals surface area contributed by atoms with E-state index >= 15 is 0 Å². The van der Waals surface area contributed by atoms with Crippen LogP contribution in [0.4, 0.5) is 0 Å². The monoisotopic (exact) mass is 200 g/mol. The molecule has 0 amide bonds. The summed E-state index contributed by atoms with van der Waals surface area (Å²) in [5.74, 6) is 0.720. The van der Waals surface area contributed by atoms with Gasteiger partial charge in [0.2, 0.25) is 0 Å². The second kappa shape index (κ2) is 6.38. The van der Waals surface area contributed by atoms with Gasteiger partial charge in [-0.05, 0) is 39.2 Å². The first kappa shape index (κ1) is 12.0. The van der Waals surface area contributed by atoms with Gasteiger partial charge in [-0.25, -0.2) is 0 Å². The number of nitrogens with zero attached hydrogens (tertiary/aromatic N) is 1. The van der Waals surface area contributed by atoms with E-state index in [1.165, 1.54) is 13.0 Å². The van der Waals surface area contributed by atoms with Crippen LogP contribution in [0.1, 0.15) is 26.7 Å². The van der Waals surface area contributed by atoms with Crippen molar-refractivity contribution in [3.63, 3.8) is 0 Å².